The van der Waals surface area contributed by atoms with E-state index in [0.29, 0.717) is 17.3 Å². The van der Waals surface area contributed by atoms with Crippen molar-refractivity contribution in [1.29, 1.82) is 0 Å². The van der Waals surface area contributed by atoms with Gasteiger partial charge >= 0.3 is 0 Å². The number of carbonyl (C=O) groups excluding carboxylic acids is 1. The number of hydrogen-bond acceptors (Lipinski definition) is 4. The van der Waals surface area contributed by atoms with Crippen molar-refractivity contribution in [3.05, 3.63) is 28.8 Å². The van der Waals surface area contributed by atoms with Crippen LogP contribution in [0.2, 0.25) is 5.02 Å². The highest BCUT2D eigenvalue weighted by Crippen LogP contribution is 2.21. The molecule has 2 N–H and O–H groups in total. The summed E-state index contributed by atoms with van der Waals surface area (Å²) in [5.41, 5.74) is 0.585. The molecule has 0 unspecified atom stereocenters. The molecule has 1 aromatic rings. The third-order valence-electron chi connectivity index (χ3n) is 4.33. The van der Waals surface area contributed by atoms with Crippen LogP contribution in [0.25, 0.3) is 0 Å². The van der Waals surface area contributed by atoms with E-state index in [1.165, 1.54) is 31.0 Å². The van der Waals surface area contributed by atoms with Gasteiger partial charge in [0.25, 0.3) is 5.91 Å². The molecule has 0 saturated carbocycles. The fourth-order valence-electron chi connectivity index (χ4n) is 2.86. The number of hydrogen-bond donors (Lipinski definition) is 2. The lowest BCUT2D eigenvalue weighted by Gasteiger charge is -2.30. The Labute approximate surface area is 155 Å². The fraction of sp³-hybridized carbons (Fsp3) is 0.588. The summed E-state index contributed by atoms with van der Waals surface area (Å²) in [6, 6.07) is 4.49. The van der Waals surface area contributed by atoms with Gasteiger partial charge < -0.3 is 10.2 Å². The van der Waals surface area contributed by atoms with Gasteiger partial charge in [-0.15, -0.1) is 0 Å². The monoisotopic (exact) mass is 387 g/mol. The van der Waals surface area contributed by atoms with Crippen LogP contribution in [0.15, 0.2) is 18.2 Å². The molecule has 1 fully saturated rings. The Bertz CT molecular complexity index is 701. The number of benzene rings is 1. The average Bonchev–Trinajstić information content (AvgIpc) is 2.53. The topological polar surface area (TPSA) is 78.5 Å². The molecule has 0 aromatic heterocycles. The highest BCUT2D eigenvalue weighted by molar-refractivity contribution is 7.92. The van der Waals surface area contributed by atoms with Crippen LogP contribution in [0, 0.1) is 5.92 Å². The smallest absolute Gasteiger partial charge is 0.252 e. The van der Waals surface area contributed by atoms with Crippen molar-refractivity contribution in [2.45, 2.75) is 26.2 Å². The zero-order valence-corrected chi connectivity index (χ0v) is 16.3. The van der Waals surface area contributed by atoms with Gasteiger partial charge in [0, 0.05) is 12.2 Å². The zero-order chi connectivity index (χ0) is 18.4. The Hall–Kier alpha value is -1.31. The molecule has 25 heavy (non-hydrogen) atoms. The van der Waals surface area contributed by atoms with E-state index in [2.05, 4.69) is 21.9 Å². The first-order chi connectivity index (χ1) is 11.7. The molecular formula is C17H26ClN3O3S. The van der Waals surface area contributed by atoms with Crippen molar-refractivity contribution in [3.63, 3.8) is 0 Å². The number of rotatable bonds is 7. The summed E-state index contributed by atoms with van der Waals surface area (Å²) in [4.78, 5) is 14.7. The van der Waals surface area contributed by atoms with Crippen LogP contribution >= 0.6 is 11.6 Å². The Morgan fingerprint density at radius 2 is 2.00 bits per heavy atom. The number of halogens is 1. The van der Waals surface area contributed by atoms with Crippen LogP contribution in [-0.2, 0) is 10.0 Å². The number of anilines is 1. The molecule has 1 aromatic carbocycles. The lowest BCUT2D eigenvalue weighted by molar-refractivity contribution is 0.0950. The van der Waals surface area contributed by atoms with Gasteiger partial charge in [0.1, 0.15) is 0 Å². The molecule has 1 saturated heterocycles. The van der Waals surface area contributed by atoms with Crippen molar-refractivity contribution < 1.29 is 13.2 Å². The van der Waals surface area contributed by atoms with E-state index in [4.69, 9.17) is 11.6 Å². The van der Waals surface area contributed by atoms with Crippen LogP contribution in [0.1, 0.15) is 36.5 Å². The number of piperidine rings is 1. The van der Waals surface area contributed by atoms with Gasteiger partial charge in [-0.3, -0.25) is 9.52 Å². The minimum Gasteiger partial charge on any atom is -0.352 e. The largest absolute Gasteiger partial charge is 0.352 e. The Balaban J connectivity index is 1.83. The van der Waals surface area contributed by atoms with E-state index < -0.39 is 10.0 Å². The number of likely N-dealkylation sites (tertiary alicyclic amines) is 1. The maximum absolute atomic E-state index is 12.3. The molecule has 0 aliphatic carbocycles. The van der Waals surface area contributed by atoms with E-state index in [-0.39, 0.29) is 11.5 Å². The summed E-state index contributed by atoms with van der Waals surface area (Å²) < 4.78 is 24.9. The van der Waals surface area contributed by atoms with Crippen molar-refractivity contribution in [1.82, 2.24) is 10.2 Å². The Morgan fingerprint density at radius 3 is 2.64 bits per heavy atom. The van der Waals surface area contributed by atoms with Crippen LogP contribution in [-0.4, -0.2) is 51.7 Å². The van der Waals surface area contributed by atoms with Crippen LogP contribution in [0.5, 0.6) is 0 Å². The molecular weight excluding hydrogens is 362 g/mol. The summed E-state index contributed by atoms with van der Waals surface area (Å²) in [6.07, 6.45) is 4.41. The molecule has 0 radical (unpaired) electrons. The molecule has 0 spiro atoms. The van der Waals surface area contributed by atoms with Gasteiger partial charge in [-0.05, 0) is 63.0 Å². The molecule has 140 valence electrons. The van der Waals surface area contributed by atoms with Crippen LogP contribution in [0.4, 0.5) is 5.69 Å². The molecule has 0 atom stereocenters. The highest BCUT2D eigenvalue weighted by Gasteiger charge is 2.16. The first kappa shape index (κ1) is 20.0. The van der Waals surface area contributed by atoms with Crippen molar-refractivity contribution >= 4 is 33.2 Å². The lowest BCUT2D eigenvalue weighted by atomic mass is 9.99. The molecule has 1 amide bonds. The highest BCUT2D eigenvalue weighted by atomic mass is 35.5. The first-order valence-corrected chi connectivity index (χ1v) is 10.8. The molecule has 2 rings (SSSR count). The van der Waals surface area contributed by atoms with Gasteiger partial charge in [0.2, 0.25) is 10.0 Å². The van der Waals surface area contributed by atoms with Crippen molar-refractivity contribution in [2.75, 3.05) is 37.2 Å². The molecule has 1 heterocycles. The summed E-state index contributed by atoms with van der Waals surface area (Å²) in [6.45, 7) is 6.07. The quantitative estimate of drug-likeness (QED) is 0.705. The molecule has 8 heteroatoms. The third kappa shape index (κ3) is 6.84. The Morgan fingerprint density at radius 1 is 1.32 bits per heavy atom. The van der Waals surface area contributed by atoms with Gasteiger partial charge in [0.05, 0.1) is 16.8 Å². The summed E-state index contributed by atoms with van der Waals surface area (Å²) in [7, 11) is -3.40. The molecule has 1 aliphatic heterocycles. The normalized spacial score (nSPS) is 16.6. The SMILES string of the molecule is CC1CCN(CCCNC(=O)c2cc(NS(C)(=O)=O)ccc2Cl)CC1. The van der Waals surface area contributed by atoms with Crippen LogP contribution in [0.3, 0.4) is 0 Å². The van der Waals surface area contributed by atoms with E-state index in [1.807, 2.05) is 0 Å². The van der Waals surface area contributed by atoms with E-state index in [0.717, 1.165) is 38.2 Å². The standard InChI is InChI=1S/C17H26ClN3O3S/c1-13-6-10-21(11-7-13)9-3-8-19-17(22)15-12-14(4-5-16(15)18)20-25(2,23)24/h4-5,12-13,20H,3,6-11H2,1-2H3,(H,19,22). The predicted molar refractivity (Wildman–Crippen MR) is 102 cm³/mol. The van der Waals surface area contributed by atoms with Gasteiger partial charge in [-0.25, -0.2) is 8.42 Å². The lowest BCUT2D eigenvalue weighted by Crippen LogP contribution is -2.35. The summed E-state index contributed by atoms with van der Waals surface area (Å²) in [5.74, 6) is 0.514. The van der Waals surface area contributed by atoms with Gasteiger partial charge in [0.15, 0.2) is 0 Å². The maximum atomic E-state index is 12.3. The molecule has 1 aliphatic rings. The summed E-state index contributed by atoms with van der Waals surface area (Å²) >= 11 is 6.06. The number of carbonyl (C=O) groups is 1. The van der Waals surface area contributed by atoms with Crippen molar-refractivity contribution in [3.8, 4) is 0 Å². The van der Waals surface area contributed by atoms with Gasteiger partial charge in [-0.1, -0.05) is 18.5 Å². The molecule has 6 nitrogen and oxygen atoms in total. The van der Waals surface area contributed by atoms with E-state index in [9.17, 15) is 13.2 Å². The number of sulfonamides is 1. The minimum absolute atomic E-state index is 0.266. The summed E-state index contributed by atoms with van der Waals surface area (Å²) in [5, 5.41) is 3.14. The fourth-order valence-corrected chi connectivity index (χ4v) is 3.62. The zero-order valence-electron chi connectivity index (χ0n) is 14.7. The van der Waals surface area contributed by atoms with E-state index in [1.54, 1.807) is 0 Å². The third-order valence-corrected chi connectivity index (χ3v) is 5.26. The Kier molecular flexibility index (Phi) is 7.10. The molecule has 0 bridgehead atoms. The minimum atomic E-state index is -3.40. The number of nitrogens with zero attached hydrogens (tertiary/aromatic N) is 1. The first-order valence-electron chi connectivity index (χ1n) is 8.52. The second kappa shape index (κ2) is 8.87. The van der Waals surface area contributed by atoms with Crippen molar-refractivity contribution in [2.24, 2.45) is 5.92 Å². The average molecular weight is 388 g/mol. The number of nitrogens with one attached hydrogen (secondary N) is 2. The number of amides is 1. The predicted octanol–water partition coefficient (Wildman–Crippen LogP) is 2.56. The second-order valence-electron chi connectivity index (χ2n) is 6.70. The van der Waals surface area contributed by atoms with Crippen LogP contribution < -0.4 is 10.0 Å². The second-order valence-corrected chi connectivity index (χ2v) is 8.86. The van der Waals surface area contributed by atoms with E-state index >= 15 is 0 Å². The maximum Gasteiger partial charge on any atom is 0.252 e. The van der Waals surface area contributed by atoms with Gasteiger partial charge in [-0.2, -0.15) is 0 Å².